The summed E-state index contributed by atoms with van der Waals surface area (Å²) in [5, 5.41) is 12.4. The van der Waals surface area contributed by atoms with Gasteiger partial charge in [0.15, 0.2) is 6.10 Å². The van der Waals surface area contributed by atoms with Gasteiger partial charge in [-0.05, 0) is 31.8 Å². The maximum Gasteiger partial charge on any atom is 0.414 e. The molecule has 1 N–H and O–H groups in total. The topological polar surface area (TPSA) is 36.4 Å². The van der Waals surface area contributed by atoms with Crippen LogP contribution >= 0.6 is 11.3 Å². The summed E-state index contributed by atoms with van der Waals surface area (Å²) in [6, 6.07) is 0. The van der Waals surface area contributed by atoms with Crippen LogP contribution in [-0.4, -0.2) is 40.4 Å². The Balaban J connectivity index is 1.84. The number of rotatable bonds is 4. The number of hydrogen-bond donors (Lipinski definition) is 1. The van der Waals surface area contributed by atoms with Crippen molar-refractivity contribution >= 4 is 11.3 Å². The molecule has 2 rings (SSSR count). The van der Waals surface area contributed by atoms with Gasteiger partial charge in [-0.25, -0.2) is 4.98 Å². The molecule has 1 atom stereocenters. The maximum atomic E-state index is 12.5. The molecule has 0 radical (unpaired) electrons. The van der Waals surface area contributed by atoms with E-state index >= 15 is 0 Å². The van der Waals surface area contributed by atoms with Crippen molar-refractivity contribution in [2.24, 2.45) is 5.92 Å². The second kappa shape index (κ2) is 6.62. The molecule has 0 aliphatic carbocycles. The number of likely N-dealkylation sites (tertiary alicyclic amines) is 1. The van der Waals surface area contributed by atoms with Gasteiger partial charge in [0, 0.05) is 17.8 Å². The number of thiazole rings is 1. The lowest BCUT2D eigenvalue weighted by atomic mass is 9.91. The number of alkyl halides is 3. The number of hydrogen-bond acceptors (Lipinski definition) is 4. The second-order valence-corrected chi connectivity index (χ2v) is 6.82. The molecule has 120 valence electrons. The fourth-order valence-corrected chi connectivity index (χ4v) is 3.41. The summed E-state index contributed by atoms with van der Waals surface area (Å²) >= 11 is 1.63. The highest BCUT2D eigenvalue weighted by molar-refractivity contribution is 7.09. The van der Waals surface area contributed by atoms with Crippen LogP contribution in [0.5, 0.6) is 0 Å². The summed E-state index contributed by atoms with van der Waals surface area (Å²) in [4.78, 5) is 6.65. The van der Waals surface area contributed by atoms with Crippen LogP contribution in [0.15, 0.2) is 5.38 Å². The van der Waals surface area contributed by atoms with Crippen LogP contribution in [0.25, 0.3) is 0 Å². The van der Waals surface area contributed by atoms with Crippen LogP contribution in [0.1, 0.15) is 43.3 Å². The third-order valence-electron chi connectivity index (χ3n) is 3.86. The summed E-state index contributed by atoms with van der Waals surface area (Å²) in [6.45, 7) is 6.01. The maximum absolute atomic E-state index is 12.5. The average Bonchev–Trinajstić information content (AvgIpc) is 2.86. The quantitative estimate of drug-likeness (QED) is 0.923. The highest BCUT2D eigenvalue weighted by Gasteiger charge is 2.44. The van der Waals surface area contributed by atoms with Gasteiger partial charge in [0.25, 0.3) is 0 Å². The molecule has 0 amide bonds. The fourth-order valence-electron chi connectivity index (χ4n) is 2.58. The van der Waals surface area contributed by atoms with Crippen LogP contribution in [-0.2, 0) is 6.54 Å². The van der Waals surface area contributed by atoms with Crippen molar-refractivity contribution in [1.82, 2.24) is 9.88 Å². The molecule has 1 saturated heterocycles. The Hall–Kier alpha value is -0.660. The lowest BCUT2D eigenvalue weighted by Crippen LogP contribution is -2.43. The number of nitrogens with zero attached hydrogens (tertiary/aromatic N) is 2. The summed E-state index contributed by atoms with van der Waals surface area (Å²) in [5.41, 5.74) is 0.985. The molecule has 21 heavy (non-hydrogen) atoms. The van der Waals surface area contributed by atoms with Gasteiger partial charge in [0.1, 0.15) is 0 Å². The monoisotopic (exact) mass is 322 g/mol. The first kappa shape index (κ1) is 16.7. The van der Waals surface area contributed by atoms with Crippen molar-refractivity contribution in [3.63, 3.8) is 0 Å². The van der Waals surface area contributed by atoms with Crippen LogP contribution in [0.3, 0.4) is 0 Å². The number of piperidine rings is 1. The van der Waals surface area contributed by atoms with Crippen LogP contribution in [0.4, 0.5) is 13.2 Å². The van der Waals surface area contributed by atoms with Crippen LogP contribution in [0, 0.1) is 5.92 Å². The van der Waals surface area contributed by atoms with E-state index in [0.29, 0.717) is 38.4 Å². The summed E-state index contributed by atoms with van der Waals surface area (Å²) < 4.78 is 37.5. The Morgan fingerprint density at radius 1 is 1.38 bits per heavy atom. The molecule has 1 aromatic rings. The number of halogens is 3. The lowest BCUT2D eigenvalue weighted by molar-refractivity contribution is -0.223. The first-order valence-corrected chi connectivity index (χ1v) is 8.06. The Kier molecular flexibility index (Phi) is 5.27. The molecule has 0 bridgehead atoms. The number of aliphatic hydroxyl groups is 1. The van der Waals surface area contributed by atoms with Crippen molar-refractivity contribution in [3.8, 4) is 0 Å². The van der Waals surface area contributed by atoms with Crippen LogP contribution < -0.4 is 0 Å². The van der Waals surface area contributed by atoms with E-state index < -0.39 is 18.2 Å². The van der Waals surface area contributed by atoms with Gasteiger partial charge in [0.2, 0.25) is 0 Å². The molecule has 2 heterocycles. The Morgan fingerprint density at radius 3 is 2.48 bits per heavy atom. The molecule has 1 aliphatic rings. The van der Waals surface area contributed by atoms with Crippen LogP contribution in [0.2, 0.25) is 0 Å². The molecule has 3 nitrogen and oxygen atoms in total. The van der Waals surface area contributed by atoms with E-state index in [2.05, 4.69) is 23.7 Å². The zero-order valence-corrected chi connectivity index (χ0v) is 13.0. The fraction of sp³-hybridized carbons (Fsp3) is 0.786. The van der Waals surface area contributed by atoms with Gasteiger partial charge in [-0.15, -0.1) is 11.3 Å². The van der Waals surface area contributed by atoms with Gasteiger partial charge in [0.05, 0.1) is 10.7 Å². The molecule has 1 aliphatic heterocycles. The zero-order chi connectivity index (χ0) is 15.6. The predicted octanol–water partition coefficient (Wildman–Crippen LogP) is 3.40. The van der Waals surface area contributed by atoms with E-state index in [-0.39, 0.29) is 0 Å². The van der Waals surface area contributed by atoms with Crippen molar-refractivity contribution in [2.45, 2.75) is 51.4 Å². The van der Waals surface area contributed by atoms with E-state index in [1.807, 2.05) is 5.38 Å². The third kappa shape index (κ3) is 4.40. The molecule has 0 aromatic carbocycles. The summed E-state index contributed by atoms with van der Waals surface area (Å²) in [7, 11) is 0. The van der Waals surface area contributed by atoms with Gasteiger partial charge in [-0.1, -0.05) is 13.8 Å². The lowest BCUT2D eigenvalue weighted by Gasteiger charge is -2.34. The van der Waals surface area contributed by atoms with Crippen molar-refractivity contribution < 1.29 is 18.3 Å². The van der Waals surface area contributed by atoms with E-state index in [1.54, 1.807) is 11.3 Å². The Labute approximate surface area is 126 Å². The molecular weight excluding hydrogens is 301 g/mol. The summed E-state index contributed by atoms with van der Waals surface area (Å²) in [5.74, 6) is -0.278. The molecule has 7 heteroatoms. The van der Waals surface area contributed by atoms with E-state index in [9.17, 15) is 18.3 Å². The Morgan fingerprint density at radius 2 is 2.00 bits per heavy atom. The molecule has 0 saturated carbocycles. The smallest absolute Gasteiger partial charge is 0.383 e. The number of aliphatic hydroxyl groups excluding tert-OH is 1. The second-order valence-electron chi connectivity index (χ2n) is 5.93. The largest absolute Gasteiger partial charge is 0.414 e. The molecule has 1 aromatic heterocycles. The van der Waals surface area contributed by atoms with E-state index in [1.165, 1.54) is 0 Å². The van der Waals surface area contributed by atoms with Gasteiger partial charge in [-0.3, -0.25) is 4.90 Å². The minimum Gasteiger partial charge on any atom is -0.383 e. The minimum absolute atomic E-state index is 0.377. The molecular formula is C14H21F3N2OS. The normalized spacial score (nSPS) is 20.1. The Bertz CT molecular complexity index is 453. The minimum atomic E-state index is -4.51. The average molecular weight is 322 g/mol. The number of aromatic nitrogens is 1. The molecule has 1 unspecified atom stereocenters. The van der Waals surface area contributed by atoms with Crippen molar-refractivity contribution in [1.29, 1.82) is 0 Å². The SMILES string of the molecule is CC(C)c1nc(CN2CCC(C(O)C(F)(F)F)CC2)cs1. The predicted molar refractivity (Wildman–Crippen MR) is 76.3 cm³/mol. The highest BCUT2D eigenvalue weighted by Crippen LogP contribution is 2.32. The molecule has 0 spiro atoms. The van der Waals surface area contributed by atoms with Crippen molar-refractivity contribution in [2.75, 3.05) is 13.1 Å². The highest BCUT2D eigenvalue weighted by atomic mass is 32.1. The summed E-state index contributed by atoms with van der Waals surface area (Å²) in [6.07, 6.45) is -5.94. The molecule has 1 fully saturated rings. The first-order valence-electron chi connectivity index (χ1n) is 7.18. The first-order chi connectivity index (χ1) is 9.77. The van der Waals surface area contributed by atoms with Gasteiger partial charge < -0.3 is 5.11 Å². The third-order valence-corrected chi connectivity index (χ3v) is 5.06. The van der Waals surface area contributed by atoms with Gasteiger partial charge in [-0.2, -0.15) is 13.2 Å². The van der Waals surface area contributed by atoms with E-state index in [0.717, 1.165) is 10.7 Å². The zero-order valence-electron chi connectivity index (χ0n) is 12.2. The standard InChI is InChI=1S/C14H21F3N2OS/c1-9(2)13-18-11(8-21-13)7-19-5-3-10(4-6-19)12(20)14(15,16)17/h8-10,12,20H,3-7H2,1-2H3. The van der Waals surface area contributed by atoms with Gasteiger partial charge >= 0.3 is 6.18 Å². The van der Waals surface area contributed by atoms with E-state index in [4.69, 9.17) is 0 Å². The van der Waals surface area contributed by atoms with Crippen molar-refractivity contribution in [3.05, 3.63) is 16.1 Å².